The second-order valence-corrected chi connectivity index (χ2v) is 6.68. The van der Waals surface area contributed by atoms with Crippen molar-refractivity contribution >= 4 is 5.97 Å². The van der Waals surface area contributed by atoms with Crippen molar-refractivity contribution in [3.05, 3.63) is 36.2 Å². The van der Waals surface area contributed by atoms with Gasteiger partial charge in [-0.05, 0) is 37.0 Å². The molecular formula is C18H20N2O3. The average Bonchev–Trinajstić information content (AvgIpc) is 3.30. The van der Waals surface area contributed by atoms with E-state index < -0.39 is 0 Å². The van der Waals surface area contributed by atoms with E-state index in [0.717, 1.165) is 17.4 Å². The van der Waals surface area contributed by atoms with Crippen LogP contribution >= 0.6 is 0 Å². The SMILES string of the molecule is O=C(C[C@@H]1C[C@@H]2CC[C@@H]1C2)OCc1nc(-c2ccccc2)no1. The Bertz CT molecular complexity index is 683. The van der Waals surface area contributed by atoms with Gasteiger partial charge in [-0.2, -0.15) is 4.98 Å². The third-order valence-electron chi connectivity index (χ3n) is 5.17. The number of aromatic nitrogens is 2. The summed E-state index contributed by atoms with van der Waals surface area (Å²) in [5, 5.41) is 3.92. The topological polar surface area (TPSA) is 65.2 Å². The summed E-state index contributed by atoms with van der Waals surface area (Å²) in [5.74, 6) is 2.81. The number of benzene rings is 1. The summed E-state index contributed by atoms with van der Waals surface area (Å²) >= 11 is 0. The Morgan fingerprint density at radius 2 is 2.09 bits per heavy atom. The van der Waals surface area contributed by atoms with Gasteiger partial charge in [0.25, 0.3) is 5.89 Å². The summed E-state index contributed by atoms with van der Waals surface area (Å²) in [6.45, 7) is 0.0550. The van der Waals surface area contributed by atoms with Gasteiger partial charge < -0.3 is 9.26 Å². The third kappa shape index (κ3) is 3.14. The van der Waals surface area contributed by atoms with Crippen molar-refractivity contribution < 1.29 is 14.1 Å². The summed E-state index contributed by atoms with van der Waals surface area (Å²) < 4.78 is 10.5. The molecule has 2 fully saturated rings. The number of carbonyl (C=O) groups excluding carboxylic acids is 1. The van der Waals surface area contributed by atoms with Crippen molar-refractivity contribution in [1.82, 2.24) is 10.1 Å². The van der Waals surface area contributed by atoms with E-state index in [4.69, 9.17) is 9.26 Å². The lowest BCUT2D eigenvalue weighted by Gasteiger charge is -2.20. The molecule has 0 radical (unpaired) electrons. The van der Waals surface area contributed by atoms with Gasteiger partial charge in [0.15, 0.2) is 6.61 Å². The highest BCUT2D eigenvalue weighted by atomic mass is 16.6. The minimum Gasteiger partial charge on any atom is -0.456 e. The first-order chi connectivity index (χ1) is 11.3. The molecule has 2 aromatic rings. The molecule has 5 nitrogen and oxygen atoms in total. The van der Waals surface area contributed by atoms with Gasteiger partial charge in [-0.15, -0.1) is 0 Å². The molecule has 4 rings (SSSR count). The predicted octanol–water partition coefficient (Wildman–Crippen LogP) is 3.61. The zero-order valence-corrected chi connectivity index (χ0v) is 13.0. The van der Waals surface area contributed by atoms with Crippen molar-refractivity contribution in [2.75, 3.05) is 0 Å². The first-order valence-electron chi connectivity index (χ1n) is 8.31. The molecule has 2 saturated carbocycles. The van der Waals surface area contributed by atoms with Crippen LogP contribution in [0.2, 0.25) is 0 Å². The van der Waals surface area contributed by atoms with Crippen LogP contribution in [0.3, 0.4) is 0 Å². The maximum atomic E-state index is 12.0. The minimum atomic E-state index is -0.151. The van der Waals surface area contributed by atoms with Gasteiger partial charge >= 0.3 is 5.97 Å². The molecule has 0 saturated heterocycles. The molecule has 0 N–H and O–H groups in total. The lowest BCUT2D eigenvalue weighted by Crippen LogP contribution is -2.17. The molecule has 0 aliphatic heterocycles. The molecule has 0 spiro atoms. The van der Waals surface area contributed by atoms with Gasteiger partial charge in [-0.25, -0.2) is 0 Å². The van der Waals surface area contributed by atoms with Gasteiger partial charge in [-0.3, -0.25) is 4.79 Å². The summed E-state index contributed by atoms with van der Waals surface area (Å²) in [7, 11) is 0. The third-order valence-corrected chi connectivity index (χ3v) is 5.17. The molecule has 2 aliphatic carbocycles. The van der Waals surface area contributed by atoms with E-state index in [-0.39, 0.29) is 12.6 Å². The van der Waals surface area contributed by atoms with E-state index in [1.54, 1.807) is 0 Å². The summed E-state index contributed by atoms with van der Waals surface area (Å²) in [6.07, 6.45) is 5.66. The molecule has 1 heterocycles. The van der Waals surface area contributed by atoms with Crippen LogP contribution in [0.15, 0.2) is 34.9 Å². The standard InChI is InChI=1S/C18H20N2O3/c21-17(10-15-9-12-6-7-14(15)8-12)22-11-16-19-18(20-23-16)13-4-2-1-3-5-13/h1-5,12,14-15H,6-11H2/t12-,14-,15+/m1/s1. The van der Waals surface area contributed by atoms with Crippen LogP contribution in [0.4, 0.5) is 0 Å². The maximum absolute atomic E-state index is 12.0. The molecule has 3 atom stereocenters. The van der Waals surface area contributed by atoms with Gasteiger partial charge in [0.2, 0.25) is 5.82 Å². The van der Waals surface area contributed by atoms with Crippen LogP contribution in [0.5, 0.6) is 0 Å². The highest BCUT2D eigenvalue weighted by Crippen LogP contribution is 2.49. The van der Waals surface area contributed by atoms with Crippen molar-refractivity contribution in [3.8, 4) is 11.4 Å². The first-order valence-corrected chi connectivity index (χ1v) is 8.31. The zero-order chi connectivity index (χ0) is 15.6. The number of rotatable bonds is 5. The highest BCUT2D eigenvalue weighted by molar-refractivity contribution is 5.69. The quantitative estimate of drug-likeness (QED) is 0.789. The summed E-state index contributed by atoms with van der Waals surface area (Å²) in [5.41, 5.74) is 0.885. The second-order valence-electron chi connectivity index (χ2n) is 6.68. The van der Waals surface area contributed by atoms with E-state index in [0.29, 0.717) is 24.1 Å². The molecule has 2 aliphatic rings. The number of fused-ring (bicyclic) bond motifs is 2. The molecule has 0 amide bonds. The Labute approximate surface area is 135 Å². The molecule has 0 unspecified atom stereocenters. The van der Waals surface area contributed by atoms with Crippen LogP contribution in [0.1, 0.15) is 38.0 Å². The largest absolute Gasteiger partial charge is 0.456 e. The van der Waals surface area contributed by atoms with Crippen LogP contribution in [-0.2, 0) is 16.1 Å². The molecule has 2 bridgehead atoms. The lowest BCUT2D eigenvalue weighted by atomic mass is 9.86. The second kappa shape index (κ2) is 6.14. The molecule has 1 aromatic carbocycles. The number of hydrogen-bond acceptors (Lipinski definition) is 5. The number of nitrogens with zero attached hydrogens (tertiary/aromatic N) is 2. The Balaban J connectivity index is 1.29. The van der Waals surface area contributed by atoms with E-state index in [2.05, 4.69) is 10.1 Å². The number of esters is 1. The number of carbonyl (C=O) groups is 1. The van der Waals surface area contributed by atoms with Gasteiger partial charge in [0.1, 0.15) is 0 Å². The normalized spacial score (nSPS) is 25.7. The number of hydrogen-bond donors (Lipinski definition) is 0. The van der Waals surface area contributed by atoms with E-state index >= 15 is 0 Å². The monoisotopic (exact) mass is 312 g/mol. The molecular weight excluding hydrogens is 292 g/mol. The Morgan fingerprint density at radius 1 is 1.22 bits per heavy atom. The van der Waals surface area contributed by atoms with Crippen LogP contribution in [0.25, 0.3) is 11.4 Å². The van der Waals surface area contributed by atoms with E-state index in [9.17, 15) is 4.79 Å². The van der Waals surface area contributed by atoms with E-state index in [1.807, 2.05) is 30.3 Å². The number of ether oxygens (including phenoxy) is 1. The first kappa shape index (κ1) is 14.4. The molecule has 23 heavy (non-hydrogen) atoms. The minimum absolute atomic E-state index is 0.0550. The Hall–Kier alpha value is -2.17. The zero-order valence-electron chi connectivity index (χ0n) is 13.0. The van der Waals surface area contributed by atoms with Crippen molar-refractivity contribution in [1.29, 1.82) is 0 Å². The summed E-state index contributed by atoms with van der Waals surface area (Å²) in [4.78, 5) is 16.3. The smallest absolute Gasteiger partial charge is 0.306 e. The van der Waals surface area contributed by atoms with Crippen molar-refractivity contribution in [2.24, 2.45) is 17.8 Å². The summed E-state index contributed by atoms with van der Waals surface area (Å²) in [6, 6.07) is 9.59. The molecule has 1 aromatic heterocycles. The Morgan fingerprint density at radius 3 is 2.83 bits per heavy atom. The Kier molecular flexibility index (Phi) is 3.85. The van der Waals surface area contributed by atoms with Gasteiger partial charge in [-0.1, -0.05) is 41.9 Å². The van der Waals surface area contributed by atoms with Crippen molar-refractivity contribution in [3.63, 3.8) is 0 Å². The van der Waals surface area contributed by atoms with Gasteiger partial charge in [0, 0.05) is 12.0 Å². The fourth-order valence-electron chi connectivity index (χ4n) is 4.06. The maximum Gasteiger partial charge on any atom is 0.306 e. The fourth-order valence-corrected chi connectivity index (χ4v) is 4.06. The molecule has 120 valence electrons. The van der Waals surface area contributed by atoms with Crippen molar-refractivity contribution in [2.45, 2.75) is 38.7 Å². The van der Waals surface area contributed by atoms with Gasteiger partial charge in [0.05, 0.1) is 0 Å². The molecule has 5 heteroatoms. The van der Waals surface area contributed by atoms with E-state index in [1.165, 1.54) is 25.7 Å². The predicted molar refractivity (Wildman–Crippen MR) is 83.1 cm³/mol. The lowest BCUT2D eigenvalue weighted by molar-refractivity contribution is -0.147. The van der Waals surface area contributed by atoms with Crippen LogP contribution in [0, 0.1) is 17.8 Å². The van der Waals surface area contributed by atoms with Crippen LogP contribution < -0.4 is 0 Å². The highest BCUT2D eigenvalue weighted by Gasteiger charge is 2.40. The van der Waals surface area contributed by atoms with Crippen LogP contribution in [-0.4, -0.2) is 16.1 Å². The average molecular weight is 312 g/mol. The fraction of sp³-hybridized carbons (Fsp3) is 0.500.